The average Bonchev–Trinajstić information content (AvgIpc) is 2.69. The van der Waals surface area contributed by atoms with Gasteiger partial charge in [-0.05, 0) is 43.6 Å². The molecule has 1 aromatic heterocycles. The molecule has 1 aliphatic heterocycles. The van der Waals surface area contributed by atoms with E-state index < -0.39 is 0 Å². The van der Waals surface area contributed by atoms with Crippen molar-refractivity contribution in [3.63, 3.8) is 0 Å². The molecular weight excluding hydrogens is 322 g/mol. The molecule has 1 N–H and O–H groups in total. The van der Waals surface area contributed by atoms with Crippen molar-refractivity contribution < 1.29 is 5.11 Å². The molecule has 2 aromatic rings. The van der Waals surface area contributed by atoms with E-state index in [4.69, 9.17) is 0 Å². The minimum atomic E-state index is -0.0179. The maximum atomic E-state index is 10.2. The highest BCUT2D eigenvalue weighted by molar-refractivity contribution is 5.40. The van der Waals surface area contributed by atoms with Crippen LogP contribution in [0, 0.1) is 5.41 Å². The van der Waals surface area contributed by atoms with E-state index in [1.165, 1.54) is 5.56 Å². The summed E-state index contributed by atoms with van der Waals surface area (Å²) in [4.78, 5) is 11.2. The molecule has 0 amide bonds. The summed E-state index contributed by atoms with van der Waals surface area (Å²) >= 11 is 0. The number of piperidine rings is 1. The summed E-state index contributed by atoms with van der Waals surface area (Å²) in [5, 5.41) is 10.2. The third kappa shape index (κ3) is 4.61. The zero-order chi connectivity index (χ0) is 18.4. The molecule has 140 valence electrons. The molecule has 0 aliphatic carbocycles. The topological polar surface area (TPSA) is 49.2 Å². The lowest BCUT2D eigenvalue weighted by molar-refractivity contribution is 0.0938. The molecule has 1 saturated heterocycles. The van der Waals surface area contributed by atoms with Crippen molar-refractivity contribution in [1.82, 2.24) is 9.97 Å². The van der Waals surface area contributed by atoms with Crippen molar-refractivity contribution in [3.8, 4) is 0 Å². The van der Waals surface area contributed by atoms with Crippen molar-refractivity contribution in [2.45, 2.75) is 51.9 Å². The summed E-state index contributed by atoms with van der Waals surface area (Å²) in [5.74, 6) is 1.40. The van der Waals surface area contributed by atoms with Gasteiger partial charge in [-0.2, -0.15) is 0 Å². The Bertz CT molecular complexity index is 689. The quantitative estimate of drug-likeness (QED) is 0.810. The highest BCUT2D eigenvalue weighted by Crippen LogP contribution is 2.36. The van der Waals surface area contributed by atoms with E-state index in [2.05, 4.69) is 65.1 Å². The number of aromatic nitrogens is 2. The molecule has 0 unspecified atom stereocenters. The van der Waals surface area contributed by atoms with Crippen molar-refractivity contribution in [3.05, 3.63) is 54.0 Å². The normalized spacial score (nSPS) is 20.5. The Hall–Kier alpha value is -1.94. The molecule has 0 spiro atoms. The van der Waals surface area contributed by atoms with Crippen LogP contribution in [-0.4, -0.2) is 34.8 Å². The van der Waals surface area contributed by atoms with E-state index in [9.17, 15) is 5.11 Å². The third-order valence-corrected chi connectivity index (χ3v) is 5.60. The number of hydrogen-bond acceptors (Lipinski definition) is 4. The van der Waals surface area contributed by atoms with Gasteiger partial charge in [0, 0.05) is 30.3 Å². The summed E-state index contributed by atoms with van der Waals surface area (Å²) in [7, 11) is 0. The van der Waals surface area contributed by atoms with Crippen LogP contribution in [0.3, 0.4) is 0 Å². The zero-order valence-corrected chi connectivity index (χ0v) is 16.1. The van der Waals surface area contributed by atoms with Crippen LogP contribution in [0.4, 0.5) is 5.82 Å². The smallest absolute Gasteiger partial charge is 0.132 e. The number of aryl methyl sites for hydroxylation is 1. The molecular formula is C22H31N3O. The molecule has 4 heteroatoms. The lowest BCUT2D eigenvalue weighted by Gasteiger charge is -2.42. The van der Waals surface area contributed by atoms with E-state index >= 15 is 0 Å². The van der Waals surface area contributed by atoms with E-state index in [0.29, 0.717) is 5.92 Å². The van der Waals surface area contributed by atoms with E-state index in [1.54, 1.807) is 6.33 Å². The van der Waals surface area contributed by atoms with Gasteiger partial charge in [0.25, 0.3) is 0 Å². The van der Waals surface area contributed by atoms with Crippen LogP contribution in [0.25, 0.3) is 0 Å². The minimum absolute atomic E-state index is 0.0179. The molecule has 26 heavy (non-hydrogen) atoms. The van der Waals surface area contributed by atoms with Gasteiger partial charge in [0.15, 0.2) is 0 Å². The number of rotatable bonds is 7. The molecule has 1 aliphatic rings. The third-order valence-electron chi connectivity index (χ3n) is 5.60. The molecule has 1 fully saturated rings. The number of aliphatic hydroxyl groups excluding tert-OH is 1. The van der Waals surface area contributed by atoms with Crippen LogP contribution >= 0.6 is 0 Å². The summed E-state index contributed by atoms with van der Waals surface area (Å²) in [6, 6.07) is 12.7. The fourth-order valence-electron chi connectivity index (χ4n) is 3.98. The monoisotopic (exact) mass is 353 g/mol. The Morgan fingerprint density at radius 1 is 1.19 bits per heavy atom. The van der Waals surface area contributed by atoms with Gasteiger partial charge in [0.05, 0.1) is 6.61 Å². The zero-order valence-electron chi connectivity index (χ0n) is 16.1. The number of nitrogens with zero attached hydrogens (tertiary/aromatic N) is 3. The van der Waals surface area contributed by atoms with Gasteiger partial charge in [-0.25, -0.2) is 9.97 Å². The molecule has 0 bridgehead atoms. The second-order valence-electron chi connectivity index (χ2n) is 7.98. The van der Waals surface area contributed by atoms with Crippen LogP contribution in [0.2, 0.25) is 0 Å². The Labute approximate surface area is 157 Å². The van der Waals surface area contributed by atoms with E-state index in [-0.39, 0.29) is 12.0 Å². The fourth-order valence-corrected chi connectivity index (χ4v) is 3.98. The number of benzene rings is 1. The van der Waals surface area contributed by atoms with E-state index in [0.717, 1.165) is 56.7 Å². The molecule has 1 aromatic carbocycles. The Balaban J connectivity index is 1.65. The second-order valence-corrected chi connectivity index (χ2v) is 7.98. The number of aliphatic hydroxyl groups is 1. The molecule has 1 atom stereocenters. The average molecular weight is 354 g/mol. The predicted molar refractivity (Wildman–Crippen MR) is 106 cm³/mol. The first-order valence-corrected chi connectivity index (χ1v) is 9.84. The second kappa shape index (κ2) is 8.63. The summed E-state index contributed by atoms with van der Waals surface area (Å²) in [5.41, 5.74) is 2.44. The van der Waals surface area contributed by atoms with Crippen molar-refractivity contribution in [2.24, 2.45) is 5.41 Å². The fraction of sp³-hybridized carbons (Fsp3) is 0.545. The molecule has 2 heterocycles. The lowest BCUT2D eigenvalue weighted by atomic mass is 9.76. The summed E-state index contributed by atoms with van der Waals surface area (Å²) in [6.45, 7) is 6.45. The summed E-state index contributed by atoms with van der Waals surface area (Å²) in [6.07, 6.45) is 7.11. The van der Waals surface area contributed by atoms with Gasteiger partial charge in [0.2, 0.25) is 0 Å². The Morgan fingerprint density at radius 2 is 2.00 bits per heavy atom. The lowest BCUT2D eigenvalue weighted by Crippen LogP contribution is -2.46. The van der Waals surface area contributed by atoms with Crippen molar-refractivity contribution in [1.29, 1.82) is 0 Å². The van der Waals surface area contributed by atoms with Gasteiger partial charge in [-0.3, -0.25) is 0 Å². The standard InChI is InChI=1S/C22H31N3O/c1-18(2)20-14-21(24-17-23-20)25-13-7-12-22(15-25,16-26)11-6-10-19-8-4-3-5-9-19/h3-5,8-9,14,17-18,26H,6-7,10-13,15-16H2,1-2H3/t22-/m0/s1. The van der Waals surface area contributed by atoms with Crippen molar-refractivity contribution in [2.75, 3.05) is 24.6 Å². The predicted octanol–water partition coefficient (Wildman–Crippen LogP) is 4.20. The van der Waals surface area contributed by atoms with Gasteiger partial charge in [-0.1, -0.05) is 44.2 Å². The van der Waals surface area contributed by atoms with Crippen LogP contribution in [-0.2, 0) is 6.42 Å². The number of anilines is 1. The summed E-state index contributed by atoms with van der Waals surface area (Å²) < 4.78 is 0. The maximum Gasteiger partial charge on any atom is 0.132 e. The molecule has 0 radical (unpaired) electrons. The van der Waals surface area contributed by atoms with Crippen LogP contribution in [0.5, 0.6) is 0 Å². The first kappa shape index (κ1) is 18.8. The molecule has 4 nitrogen and oxygen atoms in total. The highest BCUT2D eigenvalue weighted by Gasteiger charge is 2.35. The molecule has 0 saturated carbocycles. The highest BCUT2D eigenvalue weighted by atomic mass is 16.3. The first-order chi connectivity index (χ1) is 12.6. The van der Waals surface area contributed by atoms with Crippen LogP contribution < -0.4 is 4.90 Å². The van der Waals surface area contributed by atoms with Crippen LogP contribution in [0.15, 0.2) is 42.7 Å². The molecule has 3 rings (SSSR count). The SMILES string of the molecule is CC(C)c1cc(N2CCC[C@@](CO)(CCCc3ccccc3)C2)ncn1. The minimum Gasteiger partial charge on any atom is -0.396 e. The first-order valence-electron chi connectivity index (χ1n) is 9.84. The van der Waals surface area contributed by atoms with Gasteiger partial charge < -0.3 is 10.0 Å². The van der Waals surface area contributed by atoms with Gasteiger partial charge in [-0.15, -0.1) is 0 Å². The van der Waals surface area contributed by atoms with Crippen LogP contribution in [0.1, 0.15) is 56.7 Å². The Morgan fingerprint density at radius 3 is 2.73 bits per heavy atom. The number of hydrogen-bond donors (Lipinski definition) is 1. The van der Waals surface area contributed by atoms with E-state index in [1.807, 2.05) is 0 Å². The maximum absolute atomic E-state index is 10.2. The van der Waals surface area contributed by atoms with Gasteiger partial charge in [0.1, 0.15) is 12.1 Å². The van der Waals surface area contributed by atoms with Gasteiger partial charge >= 0.3 is 0 Å². The Kier molecular flexibility index (Phi) is 6.25. The van der Waals surface area contributed by atoms with Crippen molar-refractivity contribution >= 4 is 5.82 Å². The largest absolute Gasteiger partial charge is 0.396 e.